The van der Waals surface area contributed by atoms with Gasteiger partial charge < -0.3 is 14.6 Å². The molecule has 0 spiro atoms. The smallest absolute Gasteiger partial charge is 0.310 e. The summed E-state index contributed by atoms with van der Waals surface area (Å²) < 4.78 is 9.95. The fourth-order valence-corrected chi connectivity index (χ4v) is 1.83. The maximum absolute atomic E-state index is 11.7. The van der Waals surface area contributed by atoms with Crippen LogP contribution in [-0.2, 0) is 25.5 Å². The van der Waals surface area contributed by atoms with Crippen LogP contribution >= 0.6 is 0 Å². The number of benzene rings is 1. The predicted molar refractivity (Wildman–Crippen MR) is 61.6 cm³/mol. The van der Waals surface area contributed by atoms with Gasteiger partial charge in [0.2, 0.25) is 0 Å². The zero-order valence-electron chi connectivity index (χ0n) is 9.74. The van der Waals surface area contributed by atoms with Crippen LogP contribution in [0.4, 0.5) is 0 Å². The molecule has 2 atom stereocenters. The van der Waals surface area contributed by atoms with E-state index in [1.807, 2.05) is 30.3 Å². The molecule has 0 bridgehead atoms. The van der Waals surface area contributed by atoms with E-state index in [1.165, 1.54) is 0 Å². The van der Waals surface area contributed by atoms with Gasteiger partial charge >= 0.3 is 11.9 Å². The van der Waals surface area contributed by atoms with Crippen LogP contribution in [0.1, 0.15) is 12.0 Å². The van der Waals surface area contributed by atoms with Crippen LogP contribution in [0.5, 0.6) is 0 Å². The molecule has 2 rings (SSSR count). The number of aliphatic hydroxyl groups excluding tert-OH is 1. The van der Waals surface area contributed by atoms with Crippen LogP contribution in [-0.4, -0.2) is 35.9 Å². The molecule has 96 valence electrons. The maximum Gasteiger partial charge on any atom is 0.310 e. The largest absolute Gasteiger partial charge is 0.457 e. The summed E-state index contributed by atoms with van der Waals surface area (Å²) in [6, 6.07) is 9.17. The molecule has 0 saturated carbocycles. The molecule has 18 heavy (non-hydrogen) atoms. The minimum absolute atomic E-state index is 0.00571. The van der Waals surface area contributed by atoms with Crippen molar-refractivity contribution < 1.29 is 24.2 Å². The summed E-state index contributed by atoms with van der Waals surface area (Å²) in [5.41, 5.74) is 0.841. The highest BCUT2D eigenvalue weighted by atomic mass is 16.6. The first-order valence-corrected chi connectivity index (χ1v) is 5.73. The molecule has 1 aliphatic heterocycles. The Hall–Kier alpha value is -1.88. The van der Waals surface area contributed by atoms with E-state index in [1.54, 1.807) is 0 Å². The summed E-state index contributed by atoms with van der Waals surface area (Å²) in [7, 11) is 0. The molecule has 0 radical (unpaired) electrons. The summed E-state index contributed by atoms with van der Waals surface area (Å²) >= 11 is 0. The fraction of sp³-hybridized carbons (Fsp3) is 0.385. The Bertz CT molecular complexity index is 428. The second kappa shape index (κ2) is 5.64. The standard InChI is InChI=1S/C13H14O5/c14-8-11-10(7-13(16)18-11)17-12(15)6-9-4-2-1-3-5-9/h1-5,10-11,14H,6-8H2/t10-,11+/m1/s1. The zero-order chi connectivity index (χ0) is 13.0. The second-order valence-corrected chi connectivity index (χ2v) is 4.11. The number of hydrogen-bond acceptors (Lipinski definition) is 5. The predicted octanol–water partition coefficient (Wildman–Crippen LogP) is 0.449. The number of carbonyl (C=O) groups excluding carboxylic acids is 2. The van der Waals surface area contributed by atoms with Gasteiger partial charge in [0.25, 0.3) is 0 Å². The highest BCUT2D eigenvalue weighted by Crippen LogP contribution is 2.18. The molecule has 1 aromatic carbocycles. The molecule has 1 fully saturated rings. The summed E-state index contributed by atoms with van der Waals surface area (Å²) in [5, 5.41) is 8.99. The van der Waals surface area contributed by atoms with Crippen LogP contribution in [0.2, 0.25) is 0 Å². The van der Waals surface area contributed by atoms with Gasteiger partial charge in [-0.2, -0.15) is 0 Å². The molecular weight excluding hydrogens is 236 g/mol. The minimum atomic E-state index is -0.739. The molecule has 0 aromatic heterocycles. The van der Waals surface area contributed by atoms with Crippen molar-refractivity contribution in [3.05, 3.63) is 35.9 Å². The van der Waals surface area contributed by atoms with E-state index in [-0.39, 0.29) is 19.4 Å². The van der Waals surface area contributed by atoms with E-state index in [2.05, 4.69) is 0 Å². The maximum atomic E-state index is 11.7. The molecule has 1 heterocycles. The van der Waals surface area contributed by atoms with E-state index in [0.29, 0.717) is 0 Å². The van der Waals surface area contributed by atoms with Crippen molar-refractivity contribution in [3.8, 4) is 0 Å². The topological polar surface area (TPSA) is 72.8 Å². The third kappa shape index (κ3) is 3.07. The van der Waals surface area contributed by atoms with Crippen LogP contribution in [0, 0.1) is 0 Å². The SMILES string of the molecule is O=C1C[C@@H](OC(=O)Cc2ccccc2)[C@H](CO)O1. The lowest BCUT2D eigenvalue weighted by molar-refractivity contribution is -0.153. The Kier molecular flexibility index (Phi) is 3.94. The van der Waals surface area contributed by atoms with E-state index in [0.717, 1.165) is 5.56 Å². The van der Waals surface area contributed by atoms with Gasteiger partial charge in [-0.1, -0.05) is 30.3 Å². The van der Waals surface area contributed by atoms with Crippen LogP contribution in [0.25, 0.3) is 0 Å². The average molecular weight is 250 g/mol. The number of hydrogen-bond donors (Lipinski definition) is 1. The number of ether oxygens (including phenoxy) is 2. The minimum Gasteiger partial charge on any atom is -0.457 e. The van der Waals surface area contributed by atoms with Gasteiger partial charge in [-0.25, -0.2) is 0 Å². The van der Waals surface area contributed by atoms with Crippen molar-refractivity contribution in [2.24, 2.45) is 0 Å². The highest BCUT2D eigenvalue weighted by molar-refractivity contribution is 5.76. The number of aliphatic hydroxyl groups is 1. The van der Waals surface area contributed by atoms with Crippen LogP contribution < -0.4 is 0 Å². The van der Waals surface area contributed by atoms with Gasteiger partial charge in [-0.15, -0.1) is 0 Å². The first-order valence-electron chi connectivity index (χ1n) is 5.73. The van der Waals surface area contributed by atoms with Crippen molar-refractivity contribution >= 4 is 11.9 Å². The molecule has 0 aliphatic carbocycles. The van der Waals surface area contributed by atoms with Crippen molar-refractivity contribution in [3.63, 3.8) is 0 Å². The molecule has 5 heteroatoms. The van der Waals surface area contributed by atoms with Gasteiger partial charge in [-0.05, 0) is 5.56 Å². The number of carbonyl (C=O) groups is 2. The Balaban J connectivity index is 1.89. The van der Waals surface area contributed by atoms with Crippen LogP contribution in [0.15, 0.2) is 30.3 Å². The van der Waals surface area contributed by atoms with E-state index < -0.39 is 24.1 Å². The third-order valence-corrected chi connectivity index (χ3v) is 2.72. The second-order valence-electron chi connectivity index (χ2n) is 4.11. The molecule has 1 aliphatic rings. The lowest BCUT2D eigenvalue weighted by atomic mass is 10.1. The number of rotatable bonds is 4. The molecular formula is C13H14O5. The van der Waals surface area contributed by atoms with Gasteiger partial charge in [0.15, 0.2) is 12.2 Å². The first kappa shape index (κ1) is 12.6. The van der Waals surface area contributed by atoms with E-state index >= 15 is 0 Å². The summed E-state index contributed by atoms with van der Waals surface area (Å²) in [5.74, 6) is -0.880. The first-order chi connectivity index (χ1) is 8.69. The quantitative estimate of drug-likeness (QED) is 0.785. The van der Waals surface area contributed by atoms with E-state index in [9.17, 15) is 9.59 Å². The Morgan fingerprint density at radius 1 is 1.39 bits per heavy atom. The Morgan fingerprint density at radius 2 is 2.11 bits per heavy atom. The highest BCUT2D eigenvalue weighted by Gasteiger charge is 2.37. The molecule has 0 unspecified atom stereocenters. The van der Waals surface area contributed by atoms with Gasteiger partial charge in [0.05, 0.1) is 19.4 Å². The average Bonchev–Trinajstić information content (AvgIpc) is 2.70. The molecule has 1 N–H and O–H groups in total. The van der Waals surface area contributed by atoms with Gasteiger partial charge in [-0.3, -0.25) is 9.59 Å². The van der Waals surface area contributed by atoms with Crippen molar-refractivity contribution in [2.75, 3.05) is 6.61 Å². The van der Waals surface area contributed by atoms with Gasteiger partial charge in [0.1, 0.15) is 0 Å². The normalized spacial score (nSPS) is 22.6. The third-order valence-electron chi connectivity index (χ3n) is 2.72. The Labute approximate surface area is 104 Å². The monoisotopic (exact) mass is 250 g/mol. The molecule has 0 amide bonds. The van der Waals surface area contributed by atoms with E-state index in [4.69, 9.17) is 14.6 Å². The summed E-state index contributed by atoms with van der Waals surface area (Å²) in [6.07, 6.45) is -1.27. The summed E-state index contributed by atoms with van der Waals surface area (Å²) in [4.78, 5) is 22.7. The Morgan fingerprint density at radius 3 is 2.78 bits per heavy atom. The van der Waals surface area contributed by atoms with Gasteiger partial charge in [0, 0.05) is 0 Å². The molecule has 1 saturated heterocycles. The lowest BCUT2D eigenvalue weighted by Crippen LogP contribution is -2.30. The molecule has 1 aromatic rings. The zero-order valence-corrected chi connectivity index (χ0v) is 9.74. The van der Waals surface area contributed by atoms with Crippen molar-refractivity contribution in [2.45, 2.75) is 25.0 Å². The number of cyclic esters (lactones) is 1. The lowest BCUT2D eigenvalue weighted by Gasteiger charge is -2.15. The van der Waals surface area contributed by atoms with Crippen molar-refractivity contribution in [1.29, 1.82) is 0 Å². The number of esters is 2. The fourth-order valence-electron chi connectivity index (χ4n) is 1.83. The molecule has 5 nitrogen and oxygen atoms in total. The van der Waals surface area contributed by atoms with Crippen LogP contribution in [0.3, 0.4) is 0 Å². The summed E-state index contributed by atoms with van der Waals surface area (Å²) in [6.45, 7) is -0.338. The van der Waals surface area contributed by atoms with Crippen molar-refractivity contribution in [1.82, 2.24) is 0 Å².